The highest BCUT2D eigenvalue weighted by molar-refractivity contribution is 8.01. The number of carboxylic acids is 2. The van der Waals surface area contributed by atoms with Gasteiger partial charge in [0.25, 0.3) is 11.8 Å². The van der Waals surface area contributed by atoms with E-state index in [1.807, 2.05) is 0 Å². The summed E-state index contributed by atoms with van der Waals surface area (Å²) in [4.78, 5) is 69.6. The number of halogens is 3. The maximum atomic E-state index is 13.0. The Bertz CT molecular complexity index is 1560. The number of fused-ring (bicyclic) bond motifs is 1. The molecule has 3 amide bonds. The lowest BCUT2D eigenvalue weighted by Gasteiger charge is -2.49. The summed E-state index contributed by atoms with van der Waals surface area (Å²) in [7, 11) is 1.08. The van der Waals surface area contributed by atoms with E-state index in [0.717, 1.165) is 45.6 Å². The van der Waals surface area contributed by atoms with Gasteiger partial charge in [0.2, 0.25) is 5.16 Å². The number of rotatable bonds is 12. The number of tetrazole rings is 1. The van der Waals surface area contributed by atoms with Crippen LogP contribution in [0.3, 0.4) is 0 Å². The zero-order chi connectivity index (χ0) is 32.3. The lowest BCUT2D eigenvalue weighted by molar-refractivity contribution is -0.167. The minimum absolute atomic E-state index is 0.0205. The Hall–Kier alpha value is -4.29. The lowest BCUT2D eigenvalue weighted by atomic mass is 10.0. The van der Waals surface area contributed by atoms with E-state index in [1.54, 1.807) is 5.32 Å². The lowest BCUT2D eigenvalue weighted by Crippen LogP contribution is -2.71. The molecule has 18 nitrogen and oxygen atoms in total. The van der Waals surface area contributed by atoms with Gasteiger partial charge in [0.1, 0.15) is 29.9 Å². The van der Waals surface area contributed by atoms with Crippen LogP contribution in [0, 0.1) is 0 Å². The van der Waals surface area contributed by atoms with Crippen molar-refractivity contribution in [3.8, 4) is 0 Å². The zero-order valence-corrected chi connectivity index (χ0v) is 24.2. The maximum absolute atomic E-state index is 13.0. The van der Waals surface area contributed by atoms with E-state index in [-0.39, 0.29) is 28.1 Å². The first-order chi connectivity index (χ1) is 20.7. The molecular formula is C20H18F3N9O9S3. The number of oxime groups is 1. The van der Waals surface area contributed by atoms with Crippen molar-refractivity contribution in [2.75, 3.05) is 23.9 Å². The molecule has 5 N–H and O–H groups in total. The third kappa shape index (κ3) is 6.92. The number of thiazole rings is 1. The number of nitrogens with one attached hydrogen (secondary N) is 2. The second kappa shape index (κ2) is 13.1. The van der Waals surface area contributed by atoms with Crippen LogP contribution in [0.1, 0.15) is 5.69 Å². The molecule has 0 aromatic carbocycles. The zero-order valence-electron chi connectivity index (χ0n) is 21.7. The number of aliphatic carboxylic acids is 2. The number of aromatic nitrogens is 5. The molecule has 0 saturated carbocycles. The van der Waals surface area contributed by atoms with Gasteiger partial charge in [0, 0.05) is 16.9 Å². The Morgan fingerprint density at radius 3 is 2.66 bits per heavy atom. The van der Waals surface area contributed by atoms with Gasteiger partial charge >= 0.3 is 24.0 Å². The van der Waals surface area contributed by atoms with Crippen LogP contribution >= 0.6 is 34.9 Å². The largest absolute Gasteiger partial charge is 0.479 e. The van der Waals surface area contributed by atoms with Crippen molar-refractivity contribution < 1.29 is 57.3 Å². The maximum Gasteiger partial charge on any atom is 0.471 e. The summed E-state index contributed by atoms with van der Waals surface area (Å²) < 4.78 is 38.7. The van der Waals surface area contributed by atoms with E-state index in [4.69, 9.17) is 5.11 Å². The Labute approximate surface area is 254 Å². The second-order valence-electron chi connectivity index (χ2n) is 8.52. The fourth-order valence-electron chi connectivity index (χ4n) is 3.72. The molecule has 2 aromatic heterocycles. The van der Waals surface area contributed by atoms with Crippen molar-refractivity contribution in [2.24, 2.45) is 5.16 Å². The van der Waals surface area contributed by atoms with Gasteiger partial charge in [-0.3, -0.25) is 24.6 Å². The van der Waals surface area contributed by atoms with E-state index in [1.165, 1.54) is 0 Å². The molecule has 2 aliphatic rings. The molecule has 24 heteroatoms. The van der Waals surface area contributed by atoms with Gasteiger partial charge in [-0.2, -0.15) is 13.2 Å². The number of nitrogens with zero attached hydrogens (tertiary/aromatic N) is 7. The molecule has 0 bridgehead atoms. The molecule has 4 rings (SSSR count). The summed E-state index contributed by atoms with van der Waals surface area (Å²) in [5.41, 5.74) is -0.833. The van der Waals surface area contributed by atoms with Crippen LogP contribution in [0.25, 0.3) is 0 Å². The van der Waals surface area contributed by atoms with Crippen LogP contribution in [0.15, 0.2) is 27.0 Å². The summed E-state index contributed by atoms with van der Waals surface area (Å²) >= 11 is 2.64. The smallest absolute Gasteiger partial charge is 0.471 e. The molecule has 1 fully saturated rings. The van der Waals surface area contributed by atoms with Crippen LogP contribution in [0.4, 0.5) is 18.3 Å². The number of hydrogen-bond donors (Lipinski definition) is 5. The molecule has 236 valence electrons. The number of carbonyl (C=O) groups excluding carboxylic acids is 3. The summed E-state index contributed by atoms with van der Waals surface area (Å²) in [5, 5.41) is 46.5. The summed E-state index contributed by atoms with van der Waals surface area (Å²) in [6.07, 6.45) is -6.96. The third-order valence-electron chi connectivity index (χ3n) is 5.66. The molecule has 2 aliphatic heterocycles. The highest BCUT2D eigenvalue weighted by atomic mass is 32.2. The fourth-order valence-corrected chi connectivity index (χ4v) is 6.78. The van der Waals surface area contributed by atoms with Crippen molar-refractivity contribution in [3.63, 3.8) is 0 Å². The molecule has 44 heavy (non-hydrogen) atoms. The SMILES string of the molecule is CO/N=C(/C(=O)NC1C(=O)N2C(C(=O)O)=C(CSc3nnnn3CC(O)C(=O)O)CS[C@H]12)c1csc(NC(=O)C(F)(F)F)n1. The number of β-lactam (4-membered cyclic amide) rings is 1. The van der Waals surface area contributed by atoms with Gasteiger partial charge in [0.05, 0.1) is 6.54 Å². The van der Waals surface area contributed by atoms with E-state index >= 15 is 0 Å². The Morgan fingerprint density at radius 1 is 1.30 bits per heavy atom. The second-order valence-corrected chi connectivity index (χ2v) is 11.4. The van der Waals surface area contributed by atoms with Gasteiger partial charge in [0.15, 0.2) is 16.9 Å². The molecule has 0 radical (unpaired) electrons. The number of hydrogen-bond acceptors (Lipinski definition) is 15. The van der Waals surface area contributed by atoms with E-state index in [0.29, 0.717) is 16.9 Å². The monoisotopic (exact) mass is 681 g/mol. The van der Waals surface area contributed by atoms with Gasteiger partial charge in [-0.05, 0) is 16.0 Å². The number of carbonyl (C=O) groups is 5. The Kier molecular flexibility index (Phi) is 9.75. The standard InChI is InChI=1S/C20H18F3N9O9S3/c1-41-28-9(7-5-43-18(24-7)26-17(40)20(21,22)23)12(34)25-10-13(35)32-11(16(38)39)6(3-42-14(10)32)4-44-19-27-29-30-31(19)2-8(33)15(36)37/h5,8,10,14,33H,2-4H2,1H3,(H,25,34)(H,36,37)(H,38,39)(H,24,26,40)/b28-9+/t8?,10?,14-/m1/s1. The molecule has 2 unspecified atom stereocenters. The molecule has 2 aromatic rings. The minimum atomic E-state index is -5.18. The number of anilines is 1. The molecule has 3 atom stereocenters. The van der Waals surface area contributed by atoms with Crippen LogP contribution < -0.4 is 10.6 Å². The van der Waals surface area contributed by atoms with E-state index in [9.17, 15) is 47.4 Å². The van der Waals surface area contributed by atoms with Crippen LogP contribution in [0.2, 0.25) is 0 Å². The van der Waals surface area contributed by atoms with Crippen LogP contribution in [0.5, 0.6) is 0 Å². The van der Waals surface area contributed by atoms with Gasteiger partial charge in [-0.15, -0.1) is 28.2 Å². The number of thioether (sulfide) groups is 2. The Balaban J connectivity index is 1.45. The van der Waals surface area contributed by atoms with Crippen molar-refractivity contribution >= 4 is 75.4 Å². The van der Waals surface area contributed by atoms with Crippen molar-refractivity contribution in [2.45, 2.75) is 35.4 Å². The van der Waals surface area contributed by atoms with E-state index < -0.39 is 70.7 Å². The number of carboxylic acid groups (broad SMARTS) is 2. The predicted molar refractivity (Wildman–Crippen MR) is 142 cm³/mol. The van der Waals surface area contributed by atoms with Crippen LogP contribution in [-0.4, -0.2) is 123 Å². The first-order valence-corrected chi connectivity index (χ1v) is 14.6. The highest BCUT2D eigenvalue weighted by Crippen LogP contribution is 2.41. The van der Waals surface area contributed by atoms with Crippen molar-refractivity contribution in [3.05, 3.63) is 22.3 Å². The molecular weight excluding hydrogens is 663 g/mol. The van der Waals surface area contributed by atoms with Crippen LogP contribution in [-0.2, 0) is 35.4 Å². The third-order valence-corrected chi connectivity index (χ3v) is 8.81. The Morgan fingerprint density at radius 2 is 2.02 bits per heavy atom. The van der Waals surface area contributed by atoms with E-state index in [2.05, 4.69) is 35.8 Å². The molecule has 1 saturated heterocycles. The topological polar surface area (TPSA) is 251 Å². The predicted octanol–water partition coefficient (Wildman–Crippen LogP) is -1.04. The molecule has 4 heterocycles. The normalized spacial score (nSPS) is 19.2. The molecule has 0 spiro atoms. The minimum Gasteiger partial charge on any atom is -0.479 e. The van der Waals surface area contributed by atoms with Crippen molar-refractivity contribution in [1.29, 1.82) is 0 Å². The number of alkyl halides is 3. The average molecular weight is 682 g/mol. The first-order valence-electron chi connectivity index (χ1n) is 11.7. The summed E-state index contributed by atoms with van der Waals surface area (Å²) in [6.45, 7) is -0.461. The summed E-state index contributed by atoms with van der Waals surface area (Å²) in [6, 6.07) is -1.22. The van der Waals surface area contributed by atoms with Gasteiger partial charge in [-0.25, -0.2) is 19.3 Å². The first kappa shape index (κ1) is 32.6. The van der Waals surface area contributed by atoms with Gasteiger partial charge < -0.3 is 25.5 Å². The van der Waals surface area contributed by atoms with Crippen molar-refractivity contribution in [1.82, 2.24) is 35.4 Å². The number of aliphatic hydroxyl groups is 1. The van der Waals surface area contributed by atoms with Gasteiger partial charge in [-0.1, -0.05) is 16.9 Å². The number of amides is 3. The quantitative estimate of drug-likeness (QED) is 0.0776. The molecule has 0 aliphatic carbocycles. The average Bonchev–Trinajstić information content (AvgIpc) is 3.61. The summed E-state index contributed by atoms with van der Waals surface area (Å²) in [5.74, 6) is -6.91. The number of aliphatic hydroxyl groups excluding tert-OH is 1. The fraction of sp³-hybridized carbons (Fsp3) is 0.400. The highest BCUT2D eigenvalue weighted by Gasteiger charge is 2.54.